The third kappa shape index (κ3) is 6.78. The predicted octanol–water partition coefficient (Wildman–Crippen LogP) is 4.61. The standard InChI is InChI=1S/C23H24N6O5.ClH/c1-15-3-4-17(26-21-14-22(25-16(2)24-21)28-9-11-33-12-10-28)13-20(15)27-23(30)34-19-7-5-18(6-8-19)29(31)32;/h3-8,13-14H,9-12H2,1-2H3,(H,27,30)(H,24,25,26);1H. The summed E-state index contributed by atoms with van der Waals surface area (Å²) in [6.07, 6.45) is -0.707. The van der Waals surface area contributed by atoms with E-state index in [2.05, 4.69) is 25.5 Å². The van der Waals surface area contributed by atoms with Crippen LogP contribution in [0.5, 0.6) is 5.75 Å². The average molecular weight is 501 g/mol. The Hall–Kier alpha value is -3.96. The molecule has 1 saturated heterocycles. The highest BCUT2D eigenvalue weighted by Crippen LogP contribution is 2.25. The van der Waals surface area contributed by atoms with Crippen LogP contribution in [0.2, 0.25) is 0 Å². The molecule has 2 heterocycles. The largest absolute Gasteiger partial charge is 0.417 e. The van der Waals surface area contributed by atoms with Crippen LogP contribution >= 0.6 is 12.4 Å². The number of non-ortho nitro benzene ring substituents is 1. The second kappa shape index (κ2) is 11.4. The van der Waals surface area contributed by atoms with Gasteiger partial charge in [-0.3, -0.25) is 15.4 Å². The zero-order chi connectivity index (χ0) is 24.1. The highest BCUT2D eigenvalue weighted by Gasteiger charge is 2.15. The summed E-state index contributed by atoms with van der Waals surface area (Å²) in [7, 11) is 0. The summed E-state index contributed by atoms with van der Waals surface area (Å²) in [4.78, 5) is 33.8. The third-order valence-electron chi connectivity index (χ3n) is 5.16. The van der Waals surface area contributed by atoms with Crippen LogP contribution in [0.4, 0.5) is 33.5 Å². The van der Waals surface area contributed by atoms with Crippen molar-refractivity contribution in [3.63, 3.8) is 0 Å². The molecule has 0 atom stereocenters. The molecule has 0 spiro atoms. The van der Waals surface area contributed by atoms with E-state index in [4.69, 9.17) is 9.47 Å². The van der Waals surface area contributed by atoms with Crippen molar-refractivity contribution in [3.8, 4) is 5.75 Å². The lowest BCUT2D eigenvalue weighted by Gasteiger charge is -2.28. The molecule has 1 aliphatic rings. The van der Waals surface area contributed by atoms with E-state index in [1.807, 2.05) is 32.0 Å². The van der Waals surface area contributed by atoms with Gasteiger partial charge >= 0.3 is 6.09 Å². The third-order valence-corrected chi connectivity index (χ3v) is 5.16. The van der Waals surface area contributed by atoms with Crippen molar-refractivity contribution >= 4 is 47.2 Å². The number of anilines is 4. The molecular weight excluding hydrogens is 476 g/mol. The Kier molecular flexibility index (Phi) is 8.39. The van der Waals surface area contributed by atoms with Gasteiger partial charge in [0.1, 0.15) is 23.2 Å². The Bertz CT molecular complexity index is 1200. The number of benzene rings is 2. The van der Waals surface area contributed by atoms with Crippen LogP contribution < -0.4 is 20.3 Å². The first-order valence-electron chi connectivity index (χ1n) is 10.7. The Morgan fingerprint density at radius 3 is 2.49 bits per heavy atom. The fraction of sp³-hybridized carbons (Fsp3) is 0.261. The predicted molar refractivity (Wildman–Crippen MR) is 134 cm³/mol. The molecule has 0 unspecified atom stereocenters. The molecule has 0 bridgehead atoms. The molecule has 0 aliphatic carbocycles. The zero-order valence-corrected chi connectivity index (χ0v) is 20.0. The van der Waals surface area contributed by atoms with Gasteiger partial charge in [-0.25, -0.2) is 14.8 Å². The summed E-state index contributed by atoms with van der Waals surface area (Å²) < 4.78 is 10.6. The molecule has 2 aromatic carbocycles. The van der Waals surface area contributed by atoms with E-state index >= 15 is 0 Å². The number of carbonyl (C=O) groups excluding carboxylic acids is 1. The lowest BCUT2D eigenvalue weighted by Crippen LogP contribution is -2.36. The number of aromatic nitrogens is 2. The van der Waals surface area contributed by atoms with Crippen LogP contribution in [0.3, 0.4) is 0 Å². The van der Waals surface area contributed by atoms with E-state index in [0.717, 1.165) is 30.2 Å². The number of nitrogens with zero attached hydrogens (tertiary/aromatic N) is 4. The molecule has 11 nitrogen and oxygen atoms in total. The van der Waals surface area contributed by atoms with Gasteiger partial charge in [0.15, 0.2) is 0 Å². The summed E-state index contributed by atoms with van der Waals surface area (Å²) in [5.41, 5.74) is 2.02. The monoisotopic (exact) mass is 500 g/mol. The number of rotatable bonds is 6. The number of hydrogen-bond donors (Lipinski definition) is 2. The minimum absolute atomic E-state index is 0. The first-order chi connectivity index (χ1) is 16.4. The molecule has 12 heteroatoms. The summed E-state index contributed by atoms with van der Waals surface area (Å²) in [5, 5.41) is 16.7. The minimum Gasteiger partial charge on any atom is -0.410 e. The van der Waals surface area contributed by atoms with Crippen LogP contribution in [0.1, 0.15) is 11.4 Å². The fourth-order valence-electron chi connectivity index (χ4n) is 3.43. The van der Waals surface area contributed by atoms with Gasteiger partial charge in [-0.1, -0.05) is 6.07 Å². The quantitative estimate of drug-likeness (QED) is 0.367. The number of nitro groups is 1. The number of ether oxygens (including phenoxy) is 2. The Morgan fingerprint density at radius 2 is 1.80 bits per heavy atom. The molecule has 184 valence electrons. The maximum atomic E-state index is 12.4. The topological polar surface area (TPSA) is 132 Å². The smallest absolute Gasteiger partial charge is 0.410 e. The van der Waals surface area contributed by atoms with Crippen molar-refractivity contribution in [1.82, 2.24) is 9.97 Å². The van der Waals surface area contributed by atoms with Crippen LogP contribution in [0.15, 0.2) is 48.5 Å². The number of hydrogen-bond acceptors (Lipinski definition) is 9. The molecule has 1 aromatic heterocycles. The summed E-state index contributed by atoms with van der Waals surface area (Å²) in [5.74, 6) is 2.30. The zero-order valence-electron chi connectivity index (χ0n) is 19.2. The summed E-state index contributed by atoms with van der Waals surface area (Å²) in [6, 6.07) is 12.7. The minimum atomic E-state index is -0.707. The van der Waals surface area contributed by atoms with Crippen molar-refractivity contribution in [1.29, 1.82) is 0 Å². The van der Waals surface area contributed by atoms with Gasteiger partial charge in [0.25, 0.3) is 5.69 Å². The fourth-order valence-corrected chi connectivity index (χ4v) is 3.43. The number of carbonyl (C=O) groups is 1. The van der Waals surface area contributed by atoms with Gasteiger partial charge in [-0.15, -0.1) is 12.4 Å². The van der Waals surface area contributed by atoms with E-state index in [-0.39, 0.29) is 23.8 Å². The normalized spacial score (nSPS) is 12.9. The van der Waals surface area contributed by atoms with Crippen molar-refractivity contribution < 1.29 is 19.2 Å². The SMILES string of the molecule is Cc1nc(Nc2ccc(C)c(NC(=O)Oc3ccc([N+](=O)[O-])cc3)c2)cc(N2CCOCC2)n1.Cl. The highest BCUT2D eigenvalue weighted by atomic mass is 35.5. The molecular formula is C23H25ClN6O5. The van der Waals surface area contributed by atoms with E-state index in [0.29, 0.717) is 30.5 Å². The van der Waals surface area contributed by atoms with Gasteiger partial charge in [-0.2, -0.15) is 0 Å². The van der Waals surface area contributed by atoms with E-state index < -0.39 is 11.0 Å². The van der Waals surface area contributed by atoms with Gasteiger partial charge in [-0.05, 0) is 43.7 Å². The summed E-state index contributed by atoms with van der Waals surface area (Å²) in [6.45, 7) is 6.56. The second-order valence-electron chi connectivity index (χ2n) is 7.68. The number of morpholine rings is 1. The molecule has 2 N–H and O–H groups in total. The Labute approximate surface area is 208 Å². The Balaban J connectivity index is 0.00000342. The summed E-state index contributed by atoms with van der Waals surface area (Å²) >= 11 is 0. The van der Waals surface area contributed by atoms with Crippen molar-refractivity contribution in [2.24, 2.45) is 0 Å². The number of halogens is 1. The second-order valence-corrected chi connectivity index (χ2v) is 7.68. The van der Waals surface area contributed by atoms with Gasteiger partial charge < -0.3 is 19.7 Å². The van der Waals surface area contributed by atoms with Crippen LogP contribution in [0, 0.1) is 24.0 Å². The first kappa shape index (κ1) is 25.7. The van der Waals surface area contributed by atoms with Crippen LogP contribution in [-0.4, -0.2) is 47.3 Å². The molecule has 4 rings (SSSR count). The Morgan fingerprint density at radius 1 is 1.09 bits per heavy atom. The number of aryl methyl sites for hydroxylation is 2. The molecule has 1 amide bonds. The first-order valence-corrected chi connectivity index (χ1v) is 10.7. The lowest BCUT2D eigenvalue weighted by atomic mass is 10.2. The van der Waals surface area contributed by atoms with Crippen molar-refractivity contribution in [2.45, 2.75) is 13.8 Å². The molecule has 35 heavy (non-hydrogen) atoms. The maximum Gasteiger partial charge on any atom is 0.417 e. The van der Waals surface area contributed by atoms with E-state index in [9.17, 15) is 14.9 Å². The lowest BCUT2D eigenvalue weighted by molar-refractivity contribution is -0.384. The number of amides is 1. The van der Waals surface area contributed by atoms with Crippen LogP contribution in [0.25, 0.3) is 0 Å². The van der Waals surface area contributed by atoms with Crippen molar-refractivity contribution in [3.05, 3.63) is 70.0 Å². The van der Waals surface area contributed by atoms with Crippen LogP contribution in [-0.2, 0) is 4.74 Å². The van der Waals surface area contributed by atoms with Crippen molar-refractivity contribution in [2.75, 3.05) is 41.8 Å². The number of nitrogens with one attached hydrogen (secondary N) is 2. The molecule has 1 aliphatic heterocycles. The van der Waals surface area contributed by atoms with Gasteiger partial charge in [0.05, 0.1) is 18.1 Å². The molecule has 3 aromatic rings. The van der Waals surface area contributed by atoms with Gasteiger partial charge in [0, 0.05) is 42.7 Å². The number of nitro benzene ring substituents is 1. The average Bonchev–Trinajstić information content (AvgIpc) is 2.82. The maximum absolute atomic E-state index is 12.4. The highest BCUT2D eigenvalue weighted by molar-refractivity contribution is 5.88. The van der Waals surface area contributed by atoms with Gasteiger partial charge in [0.2, 0.25) is 0 Å². The molecule has 0 radical (unpaired) electrons. The molecule has 1 fully saturated rings. The molecule has 0 saturated carbocycles. The van der Waals surface area contributed by atoms with E-state index in [1.165, 1.54) is 24.3 Å². The van der Waals surface area contributed by atoms with E-state index in [1.54, 1.807) is 6.07 Å².